The largest absolute Gasteiger partial charge is 0.384 e. The van der Waals surface area contributed by atoms with Gasteiger partial charge in [0.25, 0.3) is 5.91 Å². The predicted octanol–water partition coefficient (Wildman–Crippen LogP) is 3.73. The summed E-state index contributed by atoms with van der Waals surface area (Å²) in [7, 11) is 1.36. The van der Waals surface area contributed by atoms with E-state index in [9.17, 15) is 14.4 Å². The molecule has 5 rings (SSSR count). The van der Waals surface area contributed by atoms with Crippen LogP contribution in [0, 0.1) is 5.41 Å². The lowest BCUT2D eigenvalue weighted by Gasteiger charge is -2.25. The molecule has 4 atom stereocenters. The maximum atomic E-state index is 15.6. The van der Waals surface area contributed by atoms with Gasteiger partial charge < -0.3 is 26.0 Å². The molecule has 2 unspecified atom stereocenters. The summed E-state index contributed by atoms with van der Waals surface area (Å²) in [6, 6.07) is 13.8. The topological polar surface area (TPSA) is 138 Å². The van der Waals surface area contributed by atoms with Gasteiger partial charge in [-0.1, -0.05) is 37.3 Å². The first-order valence-corrected chi connectivity index (χ1v) is 14.6. The van der Waals surface area contributed by atoms with Crippen molar-refractivity contribution in [3.8, 4) is 11.1 Å². The highest BCUT2D eigenvalue weighted by Gasteiger charge is 2.49. The second-order valence-electron chi connectivity index (χ2n) is 11.0. The summed E-state index contributed by atoms with van der Waals surface area (Å²) in [5.41, 5.74) is 9.10. The van der Waals surface area contributed by atoms with E-state index in [2.05, 4.69) is 29.7 Å². The van der Waals surface area contributed by atoms with Crippen LogP contribution in [-0.2, 0) is 14.3 Å². The molecule has 3 amide bonds. The number of nitrogens with one attached hydrogen (secondary N) is 3. The van der Waals surface area contributed by atoms with Gasteiger partial charge in [0.05, 0.1) is 25.7 Å². The zero-order chi connectivity index (χ0) is 30.2. The number of nitrogens with zero attached hydrogens (tertiary/aromatic N) is 1. The highest BCUT2D eigenvalue weighted by Crippen LogP contribution is 2.44. The summed E-state index contributed by atoms with van der Waals surface area (Å²) >= 11 is 1.34. The lowest BCUT2D eigenvalue weighted by Crippen LogP contribution is -2.49. The van der Waals surface area contributed by atoms with Crippen LogP contribution in [0.3, 0.4) is 0 Å². The lowest BCUT2D eigenvalue weighted by atomic mass is 9.97. The van der Waals surface area contributed by atoms with E-state index in [1.807, 2.05) is 24.3 Å². The van der Waals surface area contributed by atoms with Crippen molar-refractivity contribution in [2.75, 3.05) is 26.8 Å². The molecule has 0 radical (unpaired) electrons. The number of carbonyl (C=O) groups excluding carboxylic acids is 3. The van der Waals surface area contributed by atoms with Crippen LogP contribution in [0.25, 0.3) is 11.1 Å². The molecule has 0 bridgehead atoms. The Balaban J connectivity index is 1.26. The number of alkyl halides is 1. The number of halogens is 1. The molecule has 1 aliphatic carbocycles. The summed E-state index contributed by atoms with van der Waals surface area (Å²) in [6.45, 7) is 2.87. The summed E-state index contributed by atoms with van der Waals surface area (Å²) in [4.78, 5) is 41.6. The normalized spacial score (nSPS) is 21.4. The smallest absolute Gasteiger partial charge is 0.251 e. The zero-order valence-electron chi connectivity index (χ0n) is 23.7. The number of thiophene rings is 1. The number of ether oxygens (including phenoxy) is 1. The van der Waals surface area contributed by atoms with E-state index >= 15 is 4.39 Å². The van der Waals surface area contributed by atoms with E-state index in [-0.39, 0.29) is 37.9 Å². The van der Waals surface area contributed by atoms with Crippen LogP contribution < -0.4 is 16.4 Å². The standard InChI is InChI=1S/C31H34FN5O4S/c1-17-21-6-4-5-7-22(21)23-9-8-19(10-24(17)23)29(39)35-13-27(38)37-15-31(32,16-41-3)12-25(37)30(40)36-18(2)26-11-20(14-42-26)28(33)34/h4-11,14,17-18,25H,12-13,15-16H2,1-3H3,(H3,33,34)(H,35,39)(H,36,40)/t17?,18?,25-,31+/m0/s1. The molecular formula is C31H34FN5O4S. The molecule has 220 valence electrons. The molecule has 3 aromatic rings. The average molecular weight is 592 g/mol. The zero-order valence-corrected chi connectivity index (χ0v) is 24.5. The van der Waals surface area contributed by atoms with Crippen molar-refractivity contribution in [1.29, 1.82) is 5.41 Å². The van der Waals surface area contributed by atoms with Gasteiger partial charge in [-0.25, -0.2) is 4.39 Å². The van der Waals surface area contributed by atoms with Crippen LogP contribution >= 0.6 is 11.3 Å². The Labute approximate surface area is 247 Å². The van der Waals surface area contributed by atoms with Gasteiger partial charge in [-0.15, -0.1) is 11.3 Å². The van der Waals surface area contributed by atoms with Gasteiger partial charge in [0.15, 0.2) is 5.67 Å². The third-order valence-electron chi connectivity index (χ3n) is 8.03. The lowest BCUT2D eigenvalue weighted by molar-refractivity contribution is -0.138. The third-order valence-corrected chi connectivity index (χ3v) is 9.14. The van der Waals surface area contributed by atoms with Gasteiger partial charge in [-0.2, -0.15) is 0 Å². The number of hydrogen-bond acceptors (Lipinski definition) is 6. The first-order chi connectivity index (χ1) is 20.0. The molecule has 11 heteroatoms. The summed E-state index contributed by atoms with van der Waals surface area (Å²) in [6.07, 6.45) is -0.231. The molecule has 42 heavy (non-hydrogen) atoms. The molecule has 0 saturated carbocycles. The van der Waals surface area contributed by atoms with E-state index in [0.29, 0.717) is 11.1 Å². The van der Waals surface area contributed by atoms with Gasteiger partial charge in [-0.05, 0) is 47.4 Å². The number of fused-ring (bicyclic) bond motifs is 3. The Morgan fingerprint density at radius 2 is 1.90 bits per heavy atom. The molecule has 9 nitrogen and oxygen atoms in total. The number of benzene rings is 2. The van der Waals surface area contributed by atoms with Gasteiger partial charge in [0, 0.05) is 40.8 Å². The number of amides is 3. The fourth-order valence-corrected chi connectivity index (χ4v) is 6.77. The second kappa shape index (κ2) is 11.7. The highest BCUT2D eigenvalue weighted by atomic mass is 32.1. The van der Waals surface area contributed by atoms with Crippen molar-refractivity contribution in [3.63, 3.8) is 0 Å². The number of nitrogen functional groups attached to an aromatic ring is 1. The number of nitrogens with two attached hydrogens (primary N) is 1. The number of methoxy groups -OCH3 is 1. The Morgan fingerprint density at radius 1 is 1.17 bits per heavy atom. The van der Waals surface area contributed by atoms with Crippen LogP contribution in [0.4, 0.5) is 4.39 Å². The van der Waals surface area contributed by atoms with E-state index in [1.54, 1.807) is 24.4 Å². The minimum absolute atomic E-state index is 0.0769. The van der Waals surface area contributed by atoms with Crippen molar-refractivity contribution >= 4 is 34.9 Å². The maximum Gasteiger partial charge on any atom is 0.251 e. The molecule has 2 heterocycles. The molecule has 1 fully saturated rings. The highest BCUT2D eigenvalue weighted by molar-refractivity contribution is 7.10. The van der Waals surface area contributed by atoms with E-state index < -0.39 is 35.5 Å². The van der Waals surface area contributed by atoms with Crippen molar-refractivity contribution in [2.24, 2.45) is 5.73 Å². The van der Waals surface area contributed by atoms with Gasteiger partial charge >= 0.3 is 0 Å². The molecule has 1 aromatic heterocycles. The number of likely N-dealkylation sites (tertiary alicyclic amines) is 1. The van der Waals surface area contributed by atoms with Gasteiger partial charge in [-0.3, -0.25) is 19.8 Å². The third kappa shape index (κ3) is 5.66. The Hall–Kier alpha value is -4.09. The Kier molecular flexibility index (Phi) is 8.16. The minimum atomic E-state index is -1.91. The van der Waals surface area contributed by atoms with E-state index in [4.69, 9.17) is 15.9 Å². The van der Waals surface area contributed by atoms with Gasteiger partial charge in [0.2, 0.25) is 11.8 Å². The number of hydrogen-bond donors (Lipinski definition) is 4. The second-order valence-corrected chi connectivity index (χ2v) is 11.9. The molecule has 1 saturated heterocycles. The first kappa shape index (κ1) is 29.4. The molecule has 5 N–H and O–H groups in total. The predicted molar refractivity (Wildman–Crippen MR) is 159 cm³/mol. The first-order valence-electron chi connectivity index (χ1n) is 13.7. The van der Waals surface area contributed by atoms with Crippen LogP contribution in [0.5, 0.6) is 0 Å². The summed E-state index contributed by atoms with van der Waals surface area (Å²) < 4.78 is 20.6. The van der Waals surface area contributed by atoms with Crippen LogP contribution in [0.2, 0.25) is 0 Å². The van der Waals surface area contributed by atoms with Gasteiger partial charge in [0.1, 0.15) is 11.9 Å². The number of rotatable bonds is 9. The fourth-order valence-electron chi connectivity index (χ4n) is 5.85. The van der Waals surface area contributed by atoms with Crippen molar-refractivity contribution in [2.45, 2.75) is 43.9 Å². The monoisotopic (exact) mass is 591 g/mol. The molecule has 1 aliphatic heterocycles. The summed E-state index contributed by atoms with van der Waals surface area (Å²) in [5.74, 6) is -1.44. The molecule has 2 aliphatic rings. The Bertz CT molecular complexity index is 1560. The van der Waals surface area contributed by atoms with Crippen molar-refractivity contribution in [1.82, 2.24) is 15.5 Å². The molecule has 2 aromatic carbocycles. The maximum absolute atomic E-state index is 15.6. The van der Waals surface area contributed by atoms with Crippen LogP contribution in [-0.4, -0.2) is 67.0 Å². The van der Waals surface area contributed by atoms with Crippen molar-refractivity contribution < 1.29 is 23.5 Å². The van der Waals surface area contributed by atoms with E-state index in [0.717, 1.165) is 21.6 Å². The van der Waals surface area contributed by atoms with Crippen LogP contribution in [0.1, 0.15) is 64.2 Å². The average Bonchev–Trinajstić information content (AvgIpc) is 3.67. The minimum Gasteiger partial charge on any atom is -0.384 e. The quantitative estimate of drug-likeness (QED) is 0.222. The fraction of sp³-hybridized carbons (Fsp3) is 0.355. The SMILES string of the molecule is COC[C@@]1(F)C[C@@H](C(=O)NC(C)c2cc(C(=N)N)cs2)N(C(=O)CNC(=O)c2ccc3c(c2)C(C)c2ccccc2-3)C1. The molecular weight excluding hydrogens is 557 g/mol. The number of amidine groups is 1. The van der Waals surface area contributed by atoms with Crippen molar-refractivity contribution in [3.05, 3.63) is 81.0 Å². The molecule has 0 spiro atoms. The Morgan fingerprint density at radius 3 is 2.62 bits per heavy atom. The van der Waals surface area contributed by atoms with E-state index in [1.165, 1.54) is 28.9 Å². The summed E-state index contributed by atoms with van der Waals surface area (Å²) in [5, 5.41) is 14.8. The number of carbonyl (C=O) groups is 3. The van der Waals surface area contributed by atoms with Crippen LogP contribution in [0.15, 0.2) is 53.9 Å².